The van der Waals surface area contributed by atoms with Crippen molar-refractivity contribution >= 4 is 27.4 Å². The van der Waals surface area contributed by atoms with Gasteiger partial charge in [0.15, 0.2) is 5.82 Å². The zero-order valence-electron chi connectivity index (χ0n) is 13.8. The largest absolute Gasteiger partial charge is 0.369 e. The Balaban J connectivity index is 1.64. The normalized spacial score (nSPS) is 10.9. The summed E-state index contributed by atoms with van der Waals surface area (Å²) in [5.41, 5.74) is 1.98. The van der Waals surface area contributed by atoms with Gasteiger partial charge in [0.2, 0.25) is 0 Å². The van der Waals surface area contributed by atoms with Crippen molar-refractivity contribution in [2.75, 3.05) is 11.9 Å². The summed E-state index contributed by atoms with van der Waals surface area (Å²) in [6.07, 6.45) is 5.94. The summed E-state index contributed by atoms with van der Waals surface area (Å²) in [7, 11) is 0. The molecule has 6 heteroatoms. The van der Waals surface area contributed by atoms with Gasteiger partial charge in [-0.05, 0) is 25.0 Å². The van der Waals surface area contributed by atoms with Crippen LogP contribution in [0.3, 0.4) is 0 Å². The molecule has 0 amide bonds. The van der Waals surface area contributed by atoms with E-state index in [1.54, 1.807) is 29.9 Å². The number of hydrogen-bond acceptors (Lipinski definition) is 6. The lowest BCUT2D eigenvalue weighted by atomic mass is 10.1. The molecule has 3 heterocycles. The van der Waals surface area contributed by atoms with E-state index in [-0.39, 0.29) is 0 Å². The van der Waals surface area contributed by atoms with E-state index < -0.39 is 0 Å². The number of hydrogen-bond donors (Lipinski definition) is 1. The average Bonchev–Trinajstić information content (AvgIpc) is 3.03. The van der Waals surface area contributed by atoms with Gasteiger partial charge in [-0.3, -0.25) is 4.98 Å². The van der Waals surface area contributed by atoms with Crippen LogP contribution in [0, 0.1) is 6.92 Å². The van der Waals surface area contributed by atoms with Crippen molar-refractivity contribution in [2.24, 2.45) is 0 Å². The van der Waals surface area contributed by atoms with Gasteiger partial charge < -0.3 is 5.32 Å². The molecular formula is C19H17N5S. The molecule has 0 fully saturated rings. The highest BCUT2D eigenvalue weighted by atomic mass is 32.1. The number of nitrogens with zero attached hydrogens (tertiary/aromatic N) is 4. The monoisotopic (exact) mass is 347 g/mol. The molecule has 0 aliphatic carbocycles. The van der Waals surface area contributed by atoms with E-state index in [1.165, 1.54) is 10.4 Å². The van der Waals surface area contributed by atoms with Gasteiger partial charge in [0.1, 0.15) is 16.3 Å². The van der Waals surface area contributed by atoms with Crippen LogP contribution in [-0.2, 0) is 6.42 Å². The quantitative estimate of drug-likeness (QED) is 0.588. The van der Waals surface area contributed by atoms with Crippen molar-refractivity contribution in [3.63, 3.8) is 0 Å². The summed E-state index contributed by atoms with van der Waals surface area (Å²) in [6.45, 7) is 2.90. The first-order valence-electron chi connectivity index (χ1n) is 8.12. The van der Waals surface area contributed by atoms with Gasteiger partial charge in [0, 0.05) is 23.8 Å². The van der Waals surface area contributed by atoms with Crippen molar-refractivity contribution in [2.45, 2.75) is 13.3 Å². The van der Waals surface area contributed by atoms with E-state index >= 15 is 0 Å². The lowest BCUT2D eigenvalue weighted by Crippen LogP contribution is -2.07. The Bertz CT molecular complexity index is 983. The molecule has 0 unspecified atom stereocenters. The Kier molecular flexibility index (Phi) is 4.35. The van der Waals surface area contributed by atoms with Crippen LogP contribution in [0.1, 0.15) is 10.4 Å². The lowest BCUT2D eigenvalue weighted by Gasteiger charge is -2.08. The van der Waals surface area contributed by atoms with Crippen LogP contribution in [0.4, 0.5) is 5.82 Å². The Morgan fingerprint density at radius 2 is 1.96 bits per heavy atom. The molecule has 0 aliphatic heterocycles. The van der Waals surface area contributed by atoms with Gasteiger partial charge >= 0.3 is 0 Å². The topological polar surface area (TPSA) is 63.6 Å². The Morgan fingerprint density at radius 1 is 1.08 bits per heavy atom. The number of aromatic nitrogens is 4. The number of benzene rings is 1. The highest BCUT2D eigenvalue weighted by Crippen LogP contribution is 2.30. The second-order valence-corrected chi connectivity index (χ2v) is 6.96. The summed E-state index contributed by atoms with van der Waals surface area (Å²) in [5, 5.41) is 4.53. The maximum Gasteiger partial charge on any atom is 0.183 e. The van der Waals surface area contributed by atoms with Crippen LogP contribution >= 0.6 is 11.3 Å². The Morgan fingerprint density at radius 3 is 2.76 bits per heavy atom. The molecule has 0 radical (unpaired) electrons. The molecule has 0 aliphatic rings. The van der Waals surface area contributed by atoms with Crippen LogP contribution in [0.5, 0.6) is 0 Å². The zero-order valence-corrected chi connectivity index (χ0v) is 14.6. The first-order valence-corrected chi connectivity index (χ1v) is 8.93. The summed E-state index contributed by atoms with van der Waals surface area (Å²) in [4.78, 5) is 20.0. The van der Waals surface area contributed by atoms with Crippen LogP contribution in [0.25, 0.3) is 21.7 Å². The highest BCUT2D eigenvalue weighted by molar-refractivity contribution is 7.18. The predicted molar refractivity (Wildman–Crippen MR) is 102 cm³/mol. The van der Waals surface area contributed by atoms with E-state index in [4.69, 9.17) is 4.98 Å². The van der Waals surface area contributed by atoms with E-state index in [1.807, 2.05) is 6.07 Å². The van der Waals surface area contributed by atoms with Gasteiger partial charge in [-0.15, -0.1) is 11.3 Å². The van der Waals surface area contributed by atoms with Crippen molar-refractivity contribution in [1.82, 2.24) is 19.9 Å². The van der Waals surface area contributed by atoms with E-state index in [9.17, 15) is 0 Å². The molecule has 4 aromatic rings. The Hall–Kier alpha value is -2.86. The average molecular weight is 347 g/mol. The molecule has 1 aromatic carbocycles. The Labute approximate surface area is 149 Å². The van der Waals surface area contributed by atoms with Gasteiger partial charge in [0.25, 0.3) is 0 Å². The summed E-state index contributed by atoms with van der Waals surface area (Å²) >= 11 is 1.67. The standard InChI is InChI=1S/C19H17N5S/c1-13-11-15-17(22-8-7-14-5-3-2-4-6-14)23-18(24-19(15)25-13)16-12-20-9-10-21-16/h2-6,9-12H,7-8H2,1H3,(H,22,23,24). The first kappa shape index (κ1) is 15.7. The minimum absolute atomic E-state index is 0.602. The second-order valence-electron chi connectivity index (χ2n) is 5.72. The van der Waals surface area contributed by atoms with E-state index in [0.29, 0.717) is 11.5 Å². The molecule has 3 aromatic heterocycles. The van der Waals surface area contributed by atoms with E-state index in [2.05, 4.69) is 57.5 Å². The van der Waals surface area contributed by atoms with Gasteiger partial charge in [0.05, 0.1) is 11.6 Å². The van der Waals surface area contributed by atoms with Crippen LogP contribution < -0.4 is 5.32 Å². The molecule has 0 saturated heterocycles. The van der Waals surface area contributed by atoms with Gasteiger partial charge in [-0.2, -0.15) is 0 Å². The summed E-state index contributed by atoms with van der Waals surface area (Å²) in [6, 6.07) is 12.6. The first-order chi connectivity index (χ1) is 12.3. The molecule has 124 valence electrons. The predicted octanol–water partition coefficient (Wildman–Crippen LogP) is 4.11. The van der Waals surface area contributed by atoms with Crippen molar-refractivity contribution in [3.8, 4) is 11.5 Å². The molecular weight excluding hydrogens is 330 g/mol. The second kappa shape index (κ2) is 6.94. The zero-order chi connectivity index (χ0) is 17.1. The van der Waals surface area contributed by atoms with E-state index in [0.717, 1.165) is 29.0 Å². The number of fused-ring (bicyclic) bond motifs is 1. The molecule has 1 N–H and O–H groups in total. The van der Waals surface area contributed by atoms with Crippen LogP contribution in [0.2, 0.25) is 0 Å². The van der Waals surface area contributed by atoms with Crippen molar-refractivity contribution < 1.29 is 0 Å². The molecule has 0 saturated carbocycles. The maximum absolute atomic E-state index is 4.70. The van der Waals surface area contributed by atoms with Crippen molar-refractivity contribution in [3.05, 3.63) is 65.4 Å². The maximum atomic E-state index is 4.70. The SMILES string of the molecule is Cc1cc2c(NCCc3ccccc3)nc(-c3cnccn3)nc2s1. The fourth-order valence-corrected chi connectivity index (χ4v) is 3.56. The summed E-state index contributed by atoms with van der Waals surface area (Å²) < 4.78 is 0. The number of thiophene rings is 1. The smallest absolute Gasteiger partial charge is 0.183 e. The number of nitrogens with one attached hydrogen (secondary N) is 1. The van der Waals surface area contributed by atoms with Gasteiger partial charge in [-0.25, -0.2) is 15.0 Å². The molecule has 0 atom stereocenters. The number of anilines is 1. The fourth-order valence-electron chi connectivity index (χ4n) is 2.68. The number of rotatable bonds is 5. The third-order valence-corrected chi connectivity index (χ3v) is 4.80. The number of aryl methyl sites for hydroxylation is 1. The molecule has 4 rings (SSSR count). The van der Waals surface area contributed by atoms with Crippen LogP contribution in [0.15, 0.2) is 55.0 Å². The third kappa shape index (κ3) is 3.49. The molecule has 25 heavy (non-hydrogen) atoms. The minimum Gasteiger partial charge on any atom is -0.369 e. The molecule has 0 bridgehead atoms. The molecule has 5 nitrogen and oxygen atoms in total. The van der Waals surface area contributed by atoms with Crippen LogP contribution in [-0.4, -0.2) is 26.5 Å². The van der Waals surface area contributed by atoms with Gasteiger partial charge in [-0.1, -0.05) is 30.3 Å². The highest BCUT2D eigenvalue weighted by Gasteiger charge is 2.12. The minimum atomic E-state index is 0.602. The molecule has 0 spiro atoms. The van der Waals surface area contributed by atoms with Crippen molar-refractivity contribution in [1.29, 1.82) is 0 Å². The third-order valence-electron chi connectivity index (χ3n) is 3.86. The summed E-state index contributed by atoms with van der Waals surface area (Å²) in [5.74, 6) is 1.45. The fraction of sp³-hybridized carbons (Fsp3) is 0.158. The lowest BCUT2D eigenvalue weighted by molar-refractivity contribution is 1.01.